The predicted octanol–water partition coefficient (Wildman–Crippen LogP) is 2.16. The molecular weight excluding hydrogens is 238 g/mol. The van der Waals surface area contributed by atoms with E-state index in [1.165, 1.54) is 25.8 Å². The number of nitrogens with zero attached hydrogens (tertiary/aromatic N) is 2. The van der Waals surface area contributed by atoms with Crippen LogP contribution in [0.5, 0.6) is 0 Å². The molecule has 1 aromatic heterocycles. The molecule has 1 unspecified atom stereocenters. The quantitative estimate of drug-likeness (QED) is 0.734. The number of aryl methyl sites for hydroxylation is 1. The van der Waals surface area contributed by atoms with Crippen molar-refractivity contribution in [1.29, 1.82) is 0 Å². The van der Waals surface area contributed by atoms with Crippen LogP contribution < -0.4 is 16.0 Å². The molecule has 1 atom stereocenters. The fraction of sp³-hybridized carbons (Fsp3) is 0.714. The van der Waals surface area contributed by atoms with Gasteiger partial charge in [0.1, 0.15) is 17.5 Å². The van der Waals surface area contributed by atoms with Gasteiger partial charge < -0.3 is 16.0 Å². The maximum absolute atomic E-state index is 4.42. The molecule has 106 valence electrons. The molecule has 0 radical (unpaired) electrons. The van der Waals surface area contributed by atoms with Crippen LogP contribution in [0.3, 0.4) is 0 Å². The minimum Gasteiger partial charge on any atom is -0.370 e. The summed E-state index contributed by atoms with van der Waals surface area (Å²) in [5.41, 5.74) is 0. The topological polar surface area (TPSA) is 61.9 Å². The van der Waals surface area contributed by atoms with Crippen molar-refractivity contribution in [2.24, 2.45) is 0 Å². The summed E-state index contributed by atoms with van der Waals surface area (Å²) in [7, 11) is 0. The lowest BCUT2D eigenvalue weighted by Gasteiger charge is -2.23. The Labute approximate surface area is 115 Å². The molecule has 0 bridgehead atoms. The number of nitrogens with one attached hydrogen (secondary N) is 3. The second-order valence-electron chi connectivity index (χ2n) is 5.08. The van der Waals surface area contributed by atoms with E-state index in [0.717, 1.165) is 37.0 Å². The lowest BCUT2D eigenvalue weighted by Crippen LogP contribution is -2.35. The van der Waals surface area contributed by atoms with Crippen molar-refractivity contribution in [1.82, 2.24) is 15.3 Å². The van der Waals surface area contributed by atoms with Crippen LogP contribution in [-0.2, 0) is 0 Å². The van der Waals surface area contributed by atoms with Gasteiger partial charge >= 0.3 is 0 Å². The van der Waals surface area contributed by atoms with Crippen molar-refractivity contribution in [3.8, 4) is 0 Å². The van der Waals surface area contributed by atoms with Gasteiger partial charge in [-0.05, 0) is 39.7 Å². The molecule has 3 N–H and O–H groups in total. The Morgan fingerprint density at radius 3 is 2.74 bits per heavy atom. The van der Waals surface area contributed by atoms with Crippen LogP contribution in [0, 0.1) is 6.92 Å². The van der Waals surface area contributed by atoms with Gasteiger partial charge in [-0.2, -0.15) is 0 Å². The predicted molar refractivity (Wildman–Crippen MR) is 79.7 cm³/mol. The van der Waals surface area contributed by atoms with E-state index in [0.29, 0.717) is 6.04 Å². The molecule has 1 aromatic rings. The van der Waals surface area contributed by atoms with E-state index < -0.39 is 0 Å². The Hall–Kier alpha value is -1.36. The Morgan fingerprint density at radius 2 is 2.05 bits per heavy atom. The highest BCUT2D eigenvalue weighted by Gasteiger charge is 2.11. The van der Waals surface area contributed by atoms with Gasteiger partial charge in [-0.25, -0.2) is 9.97 Å². The summed E-state index contributed by atoms with van der Waals surface area (Å²) in [5.74, 6) is 2.62. The maximum Gasteiger partial charge on any atom is 0.131 e. The molecule has 2 rings (SSSR count). The highest BCUT2D eigenvalue weighted by molar-refractivity contribution is 5.47. The minimum absolute atomic E-state index is 0.664. The number of anilines is 2. The van der Waals surface area contributed by atoms with Crippen LogP contribution >= 0.6 is 0 Å². The second kappa shape index (κ2) is 7.28. The van der Waals surface area contributed by atoms with Gasteiger partial charge in [-0.15, -0.1) is 0 Å². The monoisotopic (exact) mass is 263 g/mol. The molecule has 19 heavy (non-hydrogen) atoms. The van der Waals surface area contributed by atoms with Crippen LogP contribution in [-0.4, -0.2) is 35.6 Å². The molecular formula is C14H25N5. The summed E-state index contributed by atoms with van der Waals surface area (Å²) in [6.45, 7) is 7.00. The van der Waals surface area contributed by atoms with E-state index in [2.05, 4.69) is 32.8 Å². The Balaban J connectivity index is 1.81. The fourth-order valence-corrected chi connectivity index (χ4v) is 2.47. The summed E-state index contributed by atoms with van der Waals surface area (Å²) in [5, 5.41) is 10.2. The molecule has 0 aromatic carbocycles. The normalized spacial score (nSPS) is 19.2. The van der Waals surface area contributed by atoms with Gasteiger partial charge in [-0.3, -0.25) is 0 Å². The third-order valence-corrected chi connectivity index (χ3v) is 3.41. The van der Waals surface area contributed by atoms with Gasteiger partial charge in [0.05, 0.1) is 0 Å². The summed E-state index contributed by atoms with van der Waals surface area (Å²) in [6.07, 6.45) is 5.13. The largest absolute Gasteiger partial charge is 0.370 e. The summed E-state index contributed by atoms with van der Waals surface area (Å²) in [4.78, 5) is 8.76. The van der Waals surface area contributed by atoms with Crippen LogP contribution in [0.2, 0.25) is 0 Å². The molecule has 0 aliphatic carbocycles. The second-order valence-corrected chi connectivity index (χ2v) is 5.08. The van der Waals surface area contributed by atoms with Crippen molar-refractivity contribution in [2.45, 2.75) is 45.6 Å². The van der Waals surface area contributed by atoms with E-state index in [-0.39, 0.29) is 0 Å². The molecule has 1 aliphatic rings. The van der Waals surface area contributed by atoms with Crippen LogP contribution in [0.15, 0.2) is 6.07 Å². The van der Waals surface area contributed by atoms with E-state index in [1.54, 1.807) is 0 Å². The number of hydrogen-bond donors (Lipinski definition) is 3. The molecule has 0 spiro atoms. The first kappa shape index (κ1) is 14.1. The highest BCUT2D eigenvalue weighted by Crippen LogP contribution is 2.13. The third-order valence-electron chi connectivity index (χ3n) is 3.41. The van der Waals surface area contributed by atoms with Crippen molar-refractivity contribution < 1.29 is 0 Å². The zero-order valence-electron chi connectivity index (χ0n) is 12.0. The first-order valence-electron chi connectivity index (χ1n) is 7.34. The van der Waals surface area contributed by atoms with Crippen molar-refractivity contribution in [3.63, 3.8) is 0 Å². The van der Waals surface area contributed by atoms with Gasteiger partial charge in [-0.1, -0.05) is 6.42 Å². The zero-order valence-corrected chi connectivity index (χ0v) is 12.0. The zero-order chi connectivity index (χ0) is 13.5. The van der Waals surface area contributed by atoms with Crippen molar-refractivity contribution in [2.75, 3.05) is 30.3 Å². The highest BCUT2D eigenvalue weighted by atomic mass is 15.1. The molecule has 0 amide bonds. The lowest BCUT2D eigenvalue weighted by molar-refractivity contribution is 0.389. The summed E-state index contributed by atoms with van der Waals surface area (Å²) < 4.78 is 0. The van der Waals surface area contributed by atoms with E-state index in [1.807, 2.05) is 13.0 Å². The summed E-state index contributed by atoms with van der Waals surface area (Å²) >= 11 is 0. The van der Waals surface area contributed by atoms with Crippen molar-refractivity contribution >= 4 is 11.6 Å². The molecule has 5 heteroatoms. The Morgan fingerprint density at radius 1 is 1.26 bits per heavy atom. The Bertz CT molecular complexity index is 387. The van der Waals surface area contributed by atoms with Crippen LogP contribution in [0.25, 0.3) is 0 Å². The average Bonchev–Trinajstić information content (AvgIpc) is 2.40. The molecule has 2 heterocycles. The number of aromatic nitrogens is 2. The maximum atomic E-state index is 4.42. The van der Waals surface area contributed by atoms with Gasteiger partial charge in [0.25, 0.3) is 0 Å². The smallest absolute Gasteiger partial charge is 0.131 e. The average molecular weight is 263 g/mol. The van der Waals surface area contributed by atoms with E-state index >= 15 is 0 Å². The Kier molecular flexibility index (Phi) is 5.39. The fourth-order valence-electron chi connectivity index (χ4n) is 2.47. The van der Waals surface area contributed by atoms with Gasteiger partial charge in [0.2, 0.25) is 0 Å². The molecule has 1 aliphatic heterocycles. The van der Waals surface area contributed by atoms with E-state index in [9.17, 15) is 0 Å². The standard InChI is InChI=1S/C14H25N5/c1-3-15-13-10-14(19-11(2)18-13)17-9-7-12-6-4-5-8-16-12/h10,12,16H,3-9H2,1-2H3,(H2,15,17,18,19). The first-order valence-corrected chi connectivity index (χ1v) is 7.34. The molecule has 1 saturated heterocycles. The molecule has 1 fully saturated rings. The number of hydrogen-bond acceptors (Lipinski definition) is 5. The third kappa shape index (κ3) is 4.67. The minimum atomic E-state index is 0.664. The molecule has 0 saturated carbocycles. The van der Waals surface area contributed by atoms with Crippen molar-refractivity contribution in [3.05, 3.63) is 11.9 Å². The number of rotatable bonds is 6. The number of piperidine rings is 1. The summed E-state index contributed by atoms with van der Waals surface area (Å²) in [6, 6.07) is 2.64. The van der Waals surface area contributed by atoms with Crippen LogP contribution in [0.4, 0.5) is 11.6 Å². The van der Waals surface area contributed by atoms with Gasteiger partial charge in [0.15, 0.2) is 0 Å². The SMILES string of the molecule is CCNc1cc(NCCC2CCCCN2)nc(C)n1. The van der Waals surface area contributed by atoms with Crippen LogP contribution in [0.1, 0.15) is 38.4 Å². The van der Waals surface area contributed by atoms with E-state index in [4.69, 9.17) is 0 Å². The molecule has 5 nitrogen and oxygen atoms in total. The first-order chi connectivity index (χ1) is 9.28. The van der Waals surface area contributed by atoms with Gasteiger partial charge in [0, 0.05) is 25.2 Å². The lowest BCUT2D eigenvalue weighted by atomic mass is 10.0.